The van der Waals surface area contributed by atoms with Crippen LogP contribution < -0.4 is 0 Å². The van der Waals surface area contributed by atoms with Gasteiger partial charge in [-0.2, -0.15) is 0 Å². The molecule has 0 atom stereocenters. The van der Waals surface area contributed by atoms with E-state index in [1.165, 1.54) is 19.1 Å². The van der Waals surface area contributed by atoms with Crippen LogP contribution in [0.2, 0.25) is 5.02 Å². The van der Waals surface area contributed by atoms with Gasteiger partial charge in [0.15, 0.2) is 5.78 Å². The molecule has 15 heavy (non-hydrogen) atoms. The molecule has 2 nitrogen and oxygen atoms in total. The zero-order valence-corrected chi connectivity index (χ0v) is 8.97. The van der Waals surface area contributed by atoms with Gasteiger partial charge in [0.1, 0.15) is 11.6 Å². The number of halogens is 2. The van der Waals surface area contributed by atoms with Crippen LogP contribution in [0.1, 0.15) is 30.1 Å². The molecular weight excluding hydrogens is 219 g/mol. The summed E-state index contributed by atoms with van der Waals surface area (Å²) >= 11 is 5.47. The summed E-state index contributed by atoms with van der Waals surface area (Å²) in [5.74, 6) is -0.927. The van der Waals surface area contributed by atoms with Gasteiger partial charge in [-0.05, 0) is 25.1 Å². The Balaban J connectivity index is 2.74. The summed E-state index contributed by atoms with van der Waals surface area (Å²) in [6.07, 6.45) is 0.291. The number of carbonyl (C=O) groups is 2. The Morgan fingerprint density at radius 1 is 1.33 bits per heavy atom. The molecule has 1 aromatic carbocycles. The molecule has 0 fully saturated rings. The quantitative estimate of drug-likeness (QED) is 0.743. The zero-order valence-electron chi connectivity index (χ0n) is 8.22. The van der Waals surface area contributed by atoms with Gasteiger partial charge in [-0.3, -0.25) is 4.79 Å². The van der Waals surface area contributed by atoms with Gasteiger partial charge in [-0.25, -0.2) is 4.39 Å². The van der Waals surface area contributed by atoms with Crippen LogP contribution in [0.5, 0.6) is 0 Å². The van der Waals surface area contributed by atoms with Crippen LogP contribution in [0.4, 0.5) is 4.39 Å². The molecule has 1 aromatic rings. The SMILES string of the molecule is CC(=O)CCC(=O)c1ccc(Cl)c(F)c1. The Kier molecular flexibility index (Phi) is 3.97. The number of benzene rings is 1. The van der Waals surface area contributed by atoms with E-state index in [0.29, 0.717) is 0 Å². The summed E-state index contributed by atoms with van der Waals surface area (Å²) in [6, 6.07) is 3.87. The van der Waals surface area contributed by atoms with Crippen molar-refractivity contribution >= 4 is 23.2 Å². The molecule has 0 aromatic heterocycles. The fourth-order valence-electron chi connectivity index (χ4n) is 1.10. The molecular formula is C11H10ClFO2. The molecule has 0 saturated heterocycles. The minimum absolute atomic E-state index is 0.0156. The lowest BCUT2D eigenvalue weighted by molar-refractivity contribution is -0.116. The highest BCUT2D eigenvalue weighted by Gasteiger charge is 2.09. The standard InChI is InChI=1S/C11H10ClFO2/c1-7(14)2-5-11(15)8-3-4-9(12)10(13)6-8/h3-4,6H,2,5H2,1H3. The predicted octanol–water partition coefficient (Wildman–Crippen LogP) is 3.03. The fourth-order valence-corrected chi connectivity index (χ4v) is 1.22. The van der Waals surface area contributed by atoms with Crippen molar-refractivity contribution in [2.45, 2.75) is 19.8 Å². The van der Waals surface area contributed by atoms with Gasteiger partial charge < -0.3 is 4.79 Å². The molecule has 1 rings (SSSR count). The maximum atomic E-state index is 13.0. The summed E-state index contributed by atoms with van der Waals surface area (Å²) < 4.78 is 13.0. The van der Waals surface area contributed by atoms with Crippen molar-refractivity contribution < 1.29 is 14.0 Å². The third-order valence-electron chi connectivity index (χ3n) is 1.95. The molecule has 80 valence electrons. The van der Waals surface area contributed by atoms with E-state index in [2.05, 4.69) is 0 Å². The van der Waals surface area contributed by atoms with Crippen LogP contribution >= 0.6 is 11.6 Å². The Hall–Kier alpha value is -1.22. The highest BCUT2D eigenvalue weighted by Crippen LogP contribution is 2.16. The van der Waals surface area contributed by atoms with Crippen LogP contribution in [-0.4, -0.2) is 11.6 Å². The Labute approximate surface area is 92.0 Å². The van der Waals surface area contributed by atoms with Crippen LogP contribution in [-0.2, 0) is 4.79 Å². The molecule has 0 heterocycles. The third kappa shape index (κ3) is 3.44. The molecule has 0 aliphatic heterocycles. The first-order valence-electron chi connectivity index (χ1n) is 4.48. The molecule has 0 saturated carbocycles. The van der Waals surface area contributed by atoms with E-state index in [-0.39, 0.29) is 35.0 Å². The van der Waals surface area contributed by atoms with Gasteiger partial charge in [0.2, 0.25) is 0 Å². The average Bonchev–Trinajstić information content (AvgIpc) is 2.18. The number of hydrogen-bond donors (Lipinski definition) is 0. The van der Waals surface area contributed by atoms with Gasteiger partial charge in [-0.1, -0.05) is 11.6 Å². The van der Waals surface area contributed by atoms with Crippen LogP contribution in [0.15, 0.2) is 18.2 Å². The van der Waals surface area contributed by atoms with E-state index in [9.17, 15) is 14.0 Å². The van der Waals surface area contributed by atoms with Crippen LogP contribution in [0.25, 0.3) is 0 Å². The van der Waals surface area contributed by atoms with E-state index in [1.54, 1.807) is 0 Å². The van der Waals surface area contributed by atoms with E-state index in [1.807, 2.05) is 0 Å². The molecule has 4 heteroatoms. The molecule has 0 unspecified atom stereocenters. The van der Waals surface area contributed by atoms with Gasteiger partial charge in [0, 0.05) is 18.4 Å². The summed E-state index contributed by atoms with van der Waals surface area (Å²) in [5, 5.41) is -0.0156. The minimum Gasteiger partial charge on any atom is -0.300 e. The second kappa shape index (κ2) is 5.03. The van der Waals surface area contributed by atoms with E-state index in [4.69, 9.17) is 11.6 Å². The fraction of sp³-hybridized carbons (Fsp3) is 0.273. The predicted molar refractivity (Wildman–Crippen MR) is 55.7 cm³/mol. The van der Waals surface area contributed by atoms with Crippen molar-refractivity contribution in [1.29, 1.82) is 0 Å². The maximum absolute atomic E-state index is 13.0. The first kappa shape index (κ1) is 11.9. The summed E-state index contributed by atoms with van der Waals surface area (Å²) in [6.45, 7) is 1.41. The Morgan fingerprint density at radius 2 is 2.00 bits per heavy atom. The summed E-state index contributed by atoms with van der Waals surface area (Å²) in [5.41, 5.74) is 0.248. The molecule has 0 bridgehead atoms. The van der Waals surface area contributed by atoms with Crippen LogP contribution in [0.3, 0.4) is 0 Å². The van der Waals surface area contributed by atoms with Crippen molar-refractivity contribution in [2.75, 3.05) is 0 Å². The van der Waals surface area contributed by atoms with Gasteiger partial charge >= 0.3 is 0 Å². The summed E-state index contributed by atoms with van der Waals surface area (Å²) in [4.78, 5) is 22.1. The molecule has 0 radical (unpaired) electrons. The van der Waals surface area contributed by atoms with Crippen molar-refractivity contribution in [3.05, 3.63) is 34.6 Å². The molecule has 0 spiro atoms. The first-order valence-corrected chi connectivity index (χ1v) is 4.86. The second-order valence-electron chi connectivity index (χ2n) is 3.25. The lowest BCUT2D eigenvalue weighted by atomic mass is 10.1. The van der Waals surface area contributed by atoms with Gasteiger partial charge in [0.25, 0.3) is 0 Å². The maximum Gasteiger partial charge on any atom is 0.163 e. The number of hydrogen-bond acceptors (Lipinski definition) is 2. The van der Waals surface area contributed by atoms with Gasteiger partial charge in [0.05, 0.1) is 5.02 Å². The third-order valence-corrected chi connectivity index (χ3v) is 2.25. The number of ketones is 2. The minimum atomic E-state index is -0.620. The number of carbonyl (C=O) groups excluding carboxylic acids is 2. The Bertz CT molecular complexity index is 402. The smallest absolute Gasteiger partial charge is 0.163 e. The van der Waals surface area contributed by atoms with E-state index >= 15 is 0 Å². The van der Waals surface area contributed by atoms with Crippen molar-refractivity contribution in [2.24, 2.45) is 0 Å². The number of Topliss-reactive ketones (excluding diaryl/α,β-unsaturated/α-hetero) is 2. The monoisotopic (exact) mass is 228 g/mol. The summed E-state index contributed by atoms with van der Waals surface area (Å²) in [7, 11) is 0. The average molecular weight is 229 g/mol. The lowest BCUT2D eigenvalue weighted by Crippen LogP contribution is -2.02. The van der Waals surface area contributed by atoms with Crippen molar-refractivity contribution in [3.8, 4) is 0 Å². The molecule has 0 aliphatic rings. The largest absolute Gasteiger partial charge is 0.300 e. The Morgan fingerprint density at radius 3 is 2.53 bits per heavy atom. The zero-order chi connectivity index (χ0) is 11.4. The van der Waals surface area contributed by atoms with E-state index < -0.39 is 5.82 Å². The van der Waals surface area contributed by atoms with E-state index in [0.717, 1.165) is 6.07 Å². The van der Waals surface area contributed by atoms with Crippen molar-refractivity contribution in [1.82, 2.24) is 0 Å². The lowest BCUT2D eigenvalue weighted by Gasteiger charge is -2.00. The first-order chi connectivity index (χ1) is 7.00. The van der Waals surface area contributed by atoms with Crippen LogP contribution in [0, 0.1) is 5.82 Å². The van der Waals surface area contributed by atoms with Crippen molar-refractivity contribution in [3.63, 3.8) is 0 Å². The number of rotatable bonds is 4. The van der Waals surface area contributed by atoms with Gasteiger partial charge in [-0.15, -0.1) is 0 Å². The molecule has 0 aliphatic carbocycles. The molecule has 0 amide bonds. The second-order valence-corrected chi connectivity index (χ2v) is 3.66. The molecule has 0 N–H and O–H groups in total. The highest BCUT2D eigenvalue weighted by molar-refractivity contribution is 6.30. The topological polar surface area (TPSA) is 34.1 Å². The normalized spacial score (nSPS) is 10.1. The highest BCUT2D eigenvalue weighted by atomic mass is 35.5.